The van der Waals surface area contributed by atoms with Crippen molar-refractivity contribution >= 4 is 11.9 Å². The first-order chi connectivity index (χ1) is 11.4. The van der Waals surface area contributed by atoms with Crippen LogP contribution in [0.4, 0.5) is 0 Å². The molecule has 2 rings (SSSR count). The molecule has 24 heavy (non-hydrogen) atoms. The molecule has 1 aliphatic rings. The molecule has 0 bridgehead atoms. The molecule has 0 aliphatic heterocycles. The number of hydrogen-bond acceptors (Lipinski definition) is 3. The number of carbonyl (C=O) groups excluding carboxylic acids is 1. The molecule has 1 amide bonds. The molecule has 0 spiro atoms. The summed E-state index contributed by atoms with van der Waals surface area (Å²) in [6.45, 7) is 3.92. The van der Waals surface area contributed by atoms with Crippen LogP contribution in [-0.4, -0.2) is 29.6 Å². The Morgan fingerprint density at radius 1 is 1.38 bits per heavy atom. The van der Waals surface area contributed by atoms with E-state index in [0.29, 0.717) is 24.5 Å². The zero-order valence-corrected chi connectivity index (χ0v) is 14.7. The van der Waals surface area contributed by atoms with Crippen molar-refractivity contribution in [3.8, 4) is 5.75 Å². The van der Waals surface area contributed by atoms with E-state index in [1.807, 2.05) is 24.3 Å². The van der Waals surface area contributed by atoms with Gasteiger partial charge < -0.3 is 15.2 Å². The van der Waals surface area contributed by atoms with Crippen LogP contribution in [0.5, 0.6) is 5.75 Å². The summed E-state index contributed by atoms with van der Waals surface area (Å²) < 4.78 is 5.19. The number of carboxylic acids is 1. The van der Waals surface area contributed by atoms with Gasteiger partial charge in [-0.3, -0.25) is 4.79 Å². The summed E-state index contributed by atoms with van der Waals surface area (Å²) >= 11 is 0. The number of benzene rings is 1. The summed E-state index contributed by atoms with van der Waals surface area (Å²) in [6, 6.07) is 7.32. The lowest BCUT2D eigenvalue weighted by atomic mass is 9.75. The maximum atomic E-state index is 12.7. The van der Waals surface area contributed by atoms with Crippen LogP contribution >= 0.6 is 0 Å². The van der Waals surface area contributed by atoms with Gasteiger partial charge in [-0.25, -0.2) is 4.79 Å². The Hall–Kier alpha value is -2.04. The standard InChI is InChI=1S/C19H27NO4/c1-4-14-8-10-19(11-9-14,18(22)23)20-17(21)13(2)15-6-5-7-16(12-15)24-3/h5-7,12-14H,4,8-11H2,1-3H3,(H,20,21)(H,22,23). The first-order valence-corrected chi connectivity index (χ1v) is 8.61. The number of carboxylic acid groups (broad SMARTS) is 1. The van der Waals surface area contributed by atoms with Crippen molar-refractivity contribution in [3.63, 3.8) is 0 Å². The fourth-order valence-corrected chi connectivity index (χ4v) is 3.38. The summed E-state index contributed by atoms with van der Waals surface area (Å²) in [5.74, 6) is -0.363. The fraction of sp³-hybridized carbons (Fsp3) is 0.579. The predicted octanol–water partition coefficient (Wildman–Crippen LogP) is 3.34. The number of rotatable bonds is 6. The Bertz CT molecular complexity index is 591. The number of amides is 1. The van der Waals surface area contributed by atoms with Crippen LogP contribution in [0.25, 0.3) is 0 Å². The van der Waals surface area contributed by atoms with Crippen LogP contribution in [0, 0.1) is 5.92 Å². The first kappa shape index (κ1) is 18.3. The summed E-state index contributed by atoms with van der Waals surface area (Å²) in [5, 5.41) is 12.5. The lowest BCUT2D eigenvalue weighted by Gasteiger charge is -2.37. The lowest BCUT2D eigenvalue weighted by molar-refractivity contribution is -0.150. The van der Waals surface area contributed by atoms with Crippen molar-refractivity contribution in [1.82, 2.24) is 5.32 Å². The van der Waals surface area contributed by atoms with Gasteiger partial charge >= 0.3 is 5.97 Å². The summed E-state index contributed by atoms with van der Waals surface area (Å²) in [7, 11) is 1.58. The van der Waals surface area contributed by atoms with E-state index in [1.165, 1.54) is 0 Å². The minimum absolute atomic E-state index is 0.249. The van der Waals surface area contributed by atoms with Gasteiger partial charge in [0.15, 0.2) is 0 Å². The van der Waals surface area contributed by atoms with Crippen LogP contribution in [0.2, 0.25) is 0 Å². The van der Waals surface area contributed by atoms with E-state index in [1.54, 1.807) is 14.0 Å². The highest BCUT2D eigenvalue weighted by atomic mass is 16.5. The second-order valence-corrected chi connectivity index (χ2v) is 6.73. The summed E-state index contributed by atoms with van der Waals surface area (Å²) in [4.78, 5) is 24.5. The highest BCUT2D eigenvalue weighted by Crippen LogP contribution is 2.34. The van der Waals surface area contributed by atoms with E-state index in [0.717, 1.165) is 24.8 Å². The van der Waals surface area contributed by atoms with Gasteiger partial charge in [0.05, 0.1) is 13.0 Å². The Morgan fingerprint density at radius 2 is 2.04 bits per heavy atom. The number of ether oxygens (including phenoxy) is 1. The Balaban J connectivity index is 2.11. The zero-order valence-electron chi connectivity index (χ0n) is 14.7. The van der Waals surface area contributed by atoms with Gasteiger partial charge in [-0.2, -0.15) is 0 Å². The number of nitrogens with one attached hydrogen (secondary N) is 1. The maximum absolute atomic E-state index is 12.7. The molecular formula is C19H27NO4. The number of hydrogen-bond donors (Lipinski definition) is 2. The molecule has 0 heterocycles. The molecule has 1 fully saturated rings. The quantitative estimate of drug-likeness (QED) is 0.837. The van der Waals surface area contributed by atoms with E-state index in [-0.39, 0.29) is 5.91 Å². The first-order valence-electron chi connectivity index (χ1n) is 8.61. The van der Waals surface area contributed by atoms with E-state index in [2.05, 4.69) is 12.2 Å². The second kappa shape index (κ2) is 7.69. The predicted molar refractivity (Wildman–Crippen MR) is 92.2 cm³/mol. The van der Waals surface area contributed by atoms with Gasteiger partial charge in [-0.05, 0) is 56.2 Å². The van der Waals surface area contributed by atoms with E-state index in [9.17, 15) is 14.7 Å². The average Bonchev–Trinajstić information content (AvgIpc) is 2.61. The van der Waals surface area contributed by atoms with Crippen molar-refractivity contribution < 1.29 is 19.4 Å². The molecule has 1 saturated carbocycles. The molecule has 132 valence electrons. The minimum atomic E-state index is -1.13. The maximum Gasteiger partial charge on any atom is 0.329 e. The Morgan fingerprint density at radius 3 is 2.58 bits per heavy atom. The fourth-order valence-electron chi connectivity index (χ4n) is 3.38. The Kier molecular flexibility index (Phi) is 5.86. The van der Waals surface area contributed by atoms with Gasteiger partial charge in [0, 0.05) is 0 Å². The van der Waals surface area contributed by atoms with Gasteiger partial charge in [0.25, 0.3) is 0 Å². The molecule has 1 unspecified atom stereocenters. The monoisotopic (exact) mass is 333 g/mol. The summed E-state index contributed by atoms with van der Waals surface area (Å²) in [6.07, 6.45) is 3.74. The molecule has 1 aromatic rings. The zero-order chi connectivity index (χ0) is 17.7. The molecule has 5 heteroatoms. The van der Waals surface area contributed by atoms with Crippen LogP contribution in [0.15, 0.2) is 24.3 Å². The van der Waals surface area contributed by atoms with Crippen molar-refractivity contribution in [2.75, 3.05) is 7.11 Å². The molecule has 1 atom stereocenters. The van der Waals surface area contributed by atoms with Crippen LogP contribution in [0.1, 0.15) is 57.4 Å². The van der Waals surface area contributed by atoms with Gasteiger partial charge in [-0.15, -0.1) is 0 Å². The SMILES string of the molecule is CCC1CCC(NC(=O)C(C)c2cccc(OC)c2)(C(=O)O)CC1. The largest absolute Gasteiger partial charge is 0.497 e. The smallest absolute Gasteiger partial charge is 0.329 e. The van der Waals surface area contributed by atoms with Crippen molar-refractivity contribution in [1.29, 1.82) is 0 Å². The van der Waals surface area contributed by atoms with Gasteiger partial charge in [0.2, 0.25) is 5.91 Å². The average molecular weight is 333 g/mol. The van der Waals surface area contributed by atoms with Crippen LogP contribution in [0.3, 0.4) is 0 Å². The van der Waals surface area contributed by atoms with E-state index < -0.39 is 17.4 Å². The molecule has 1 aromatic carbocycles. The van der Waals surface area contributed by atoms with E-state index >= 15 is 0 Å². The third-order valence-corrected chi connectivity index (χ3v) is 5.30. The highest BCUT2D eigenvalue weighted by Gasteiger charge is 2.43. The molecule has 0 aromatic heterocycles. The van der Waals surface area contributed by atoms with Gasteiger partial charge in [0.1, 0.15) is 11.3 Å². The molecule has 1 aliphatic carbocycles. The van der Waals surface area contributed by atoms with Crippen LogP contribution in [-0.2, 0) is 9.59 Å². The molecular weight excluding hydrogens is 306 g/mol. The topological polar surface area (TPSA) is 75.6 Å². The highest BCUT2D eigenvalue weighted by molar-refractivity contribution is 5.90. The Labute approximate surface area is 143 Å². The van der Waals surface area contributed by atoms with Crippen molar-refractivity contribution in [2.24, 2.45) is 5.92 Å². The molecule has 5 nitrogen and oxygen atoms in total. The number of carbonyl (C=O) groups is 2. The number of methoxy groups -OCH3 is 1. The molecule has 0 radical (unpaired) electrons. The minimum Gasteiger partial charge on any atom is -0.497 e. The van der Waals surface area contributed by atoms with E-state index in [4.69, 9.17) is 4.74 Å². The van der Waals surface area contributed by atoms with Crippen molar-refractivity contribution in [2.45, 2.75) is 57.4 Å². The molecule has 2 N–H and O–H groups in total. The van der Waals surface area contributed by atoms with Crippen LogP contribution < -0.4 is 10.1 Å². The number of aliphatic carboxylic acids is 1. The lowest BCUT2D eigenvalue weighted by Crippen LogP contribution is -2.57. The van der Waals surface area contributed by atoms with Gasteiger partial charge in [-0.1, -0.05) is 25.5 Å². The molecule has 0 saturated heterocycles. The third kappa shape index (κ3) is 3.89. The van der Waals surface area contributed by atoms with Crippen molar-refractivity contribution in [3.05, 3.63) is 29.8 Å². The second-order valence-electron chi connectivity index (χ2n) is 6.73. The summed E-state index contributed by atoms with van der Waals surface area (Å²) in [5.41, 5.74) is -0.315. The normalized spacial score (nSPS) is 24.9. The third-order valence-electron chi connectivity index (χ3n) is 5.30.